The van der Waals surface area contributed by atoms with Gasteiger partial charge >= 0.3 is 5.97 Å². The molecule has 0 radical (unpaired) electrons. The van der Waals surface area contributed by atoms with Crippen molar-refractivity contribution in [1.29, 1.82) is 0 Å². The topological polar surface area (TPSA) is 95.9 Å². The molecule has 87 heavy (non-hydrogen) atoms. The second kappa shape index (κ2) is 76.5. The van der Waals surface area contributed by atoms with Gasteiger partial charge < -0.3 is 20.3 Å². The summed E-state index contributed by atoms with van der Waals surface area (Å²) in [6.07, 6.45) is 99.5. The number of ether oxygens (including phenoxy) is 1. The lowest BCUT2D eigenvalue weighted by molar-refractivity contribution is -0.143. The van der Waals surface area contributed by atoms with Crippen LogP contribution in [0.1, 0.15) is 444 Å². The van der Waals surface area contributed by atoms with Crippen LogP contribution in [-0.2, 0) is 14.3 Å². The van der Waals surface area contributed by atoms with Gasteiger partial charge in [-0.3, -0.25) is 9.59 Å². The van der Waals surface area contributed by atoms with Gasteiger partial charge in [0.15, 0.2) is 0 Å². The molecule has 0 aromatic rings. The third kappa shape index (κ3) is 73.0. The Morgan fingerprint density at radius 2 is 0.575 bits per heavy atom. The summed E-state index contributed by atoms with van der Waals surface area (Å²) in [5.74, 6) is -0.0219. The van der Waals surface area contributed by atoms with E-state index in [2.05, 4.69) is 55.6 Å². The first-order valence-corrected chi connectivity index (χ1v) is 39.7. The lowest BCUT2D eigenvalue weighted by atomic mass is 10.0. The molecular weight excluding hydrogens is 1070 g/mol. The molecule has 0 bridgehead atoms. The van der Waals surface area contributed by atoms with Gasteiger partial charge in [-0.1, -0.05) is 384 Å². The highest BCUT2D eigenvalue weighted by Gasteiger charge is 2.20. The average Bonchev–Trinajstić information content (AvgIpc) is 3.53. The number of hydrogen-bond acceptors (Lipinski definition) is 5. The number of aliphatic hydroxyl groups is 2. The lowest BCUT2D eigenvalue weighted by Crippen LogP contribution is -2.45. The van der Waals surface area contributed by atoms with E-state index in [0.717, 1.165) is 51.4 Å². The quantitative estimate of drug-likeness (QED) is 0.0320. The highest BCUT2D eigenvalue weighted by Crippen LogP contribution is 2.20. The van der Waals surface area contributed by atoms with E-state index >= 15 is 0 Å². The summed E-state index contributed by atoms with van der Waals surface area (Å²) in [4.78, 5) is 24.7. The zero-order valence-electron chi connectivity index (χ0n) is 59.0. The predicted octanol–water partition coefficient (Wildman–Crippen LogP) is 26.2. The number of carbonyl (C=O) groups excluding carboxylic acids is 2. The van der Waals surface area contributed by atoms with E-state index in [0.29, 0.717) is 25.9 Å². The van der Waals surface area contributed by atoms with E-state index < -0.39 is 12.1 Å². The van der Waals surface area contributed by atoms with Gasteiger partial charge in [-0.15, -0.1) is 0 Å². The van der Waals surface area contributed by atoms with E-state index in [1.165, 1.54) is 360 Å². The van der Waals surface area contributed by atoms with Crippen molar-refractivity contribution in [3.8, 4) is 0 Å². The lowest BCUT2D eigenvalue weighted by Gasteiger charge is -2.22. The Bertz CT molecular complexity index is 1410. The number of carbonyl (C=O) groups is 2. The van der Waals surface area contributed by atoms with E-state index in [-0.39, 0.29) is 18.5 Å². The van der Waals surface area contributed by atoms with Gasteiger partial charge in [0.2, 0.25) is 5.91 Å². The molecule has 0 aliphatic heterocycles. The van der Waals surface area contributed by atoms with Crippen LogP contribution in [0.25, 0.3) is 0 Å². The van der Waals surface area contributed by atoms with Crippen molar-refractivity contribution < 1.29 is 24.5 Å². The second-order valence-electron chi connectivity index (χ2n) is 27.4. The maximum Gasteiger partial charge on any atom is 0.305 e. The molecule has 0 saturated carbocycles. The fourth-order valence-corrected chi connectivity index (χ4v) is 12.6. The third-order valence-corrected chi connectivity index (χ3v) is 18.7. The second-order valence-corrected chi connectivity index (χ2v) is 27.4. The minimum atomic E-state index is -0.664. The van der Waals surface area contributed by atoms with E-state index in [1.807, 2.05) is 0 Å². The molecule has 6 heteroatoms. The van der Waals surface area contributed by atoms with E-state index in [9.17, 15) is 19.8 Å². The van der Waals surface area contributed by atoms with Gasteiger partial charge in [-0.25, -0.2) is 0 Å². The van der Waals surface area contributed by atoms with E-state index in [1.54, 1.807) is 0 Å². The Labute approximate surface area is 544 Å². The van der Waals surface area contributed by atoms with Crippen LogP contribution in [0.2, 0.25) is 0 Å². The Kier molecular flexibility index (Phi) is 74.8. The standard InChI is InChI=1S/C81H155NO5/c1-3-5-7-9-11-13-15-17-19-21-22-23-36-39-42-45-49-53-57-61-65-69-73-79(84)78(77-83)82-80(85)74-70-66-62-58-54-50-46-43-40-37-34-32-30-28-26-24-25-27-29-31-33-35-38-41-44-48-52-56-60-64-68-72-76-87-81(86)75-71-67-63-59-55-51-47-20-18-16-14-12-10-8-6-4-2/h14,16,20,27,29,47,78-79,83-84H,3-13,15,17-19,21-26,28,30-46,48-77H2,1-2H3,(H,82,85)/b16-14-,29-27-,47-20-. The minimum absolute atomic E-state index is 0.00545. The highest BCUT2D eigenvalue weighted by atomic mass is 16.5. The van der Waals surface area contributed by atoms with Crippen LogP contribution in [0, 0.1) is 0 Å². The maximum absolute atomic E-state index is 12.6. The van der Waals surface area contributed by atoms with Gasteiger partial charge in [0.25, 0.3) is 0 Å². The molecule has 0 rings (SSSR count). The van der Waals surface area contributed by atoms with Crippen molar-refractivity contribution in [3.63, 3.8) is 0 Å². The van der Waals surface area contributed by atoms with Crippen molar-refractivity contribution in [2.75, 3.05) is 13.2 Å². The fourth-order valence-electron chi connectivity index (χ4n) is 12.6. The summed E-state index contributed by atoms with van der Waals surface area (Å²) < 4.78 is 5.50. The van der Waals surface area contributed by atoms with Gasteiger partial charge in [0.05, 0.1) is 25.4 Å². The first-order valence-electron chi connectivity index (χ1n) is 39.7. The normalized spacial score (nSPS) is 12.6. The molecule has 6 nitrogen and oxygen atoms in total. The molecule has 0 heterocycles. The number of aliphatic hydroxyl groups excluding tert-OH is 2. The number of amides is 1. The van der Waals surface area contributed by atoms with Crippen molar-refractivity contribution >= 4 is 11.9 Å². The molecule has 2 unspecified atom stereocenters. The molecule has 0 aromatic heterocycles. The summed E-state index contributed by atoms with van der Waals surface area (Å²) in [5, 5.41) is 23.5. The smallest absolute Gasteiger partial charge is 0.305 e. The Balaban J connectivity index is 3.36. The van der Waals surface area contributed by atoms with Crippen LogP contribution in [0.3, 0.4) is 0 Å². The molecule has 0 aromatic carbocycles. The summed E-state index contributed by atoms with van der Waals surface area (Å²) in [6, 6.07) is -0.541. The van der Waals surface area contributed by atoms with Gasteiger partial charge in [0.1, 0.15) is 0 Å². The number of allylic oxidation sites excluding steroid dienone is 6. The Morgan fingerprint density at radius 3 is 0.897 bits per heavy atom. The number of nitrogens with one attached hydrogen (secondary N) is 1. The van der Waals surface area contributed by atoms with E-state index in [4.69, 9.17) is 4.74 Å². The SMILES string of the molecule is CCCCCC/C=C\C/C=C\CCCCCCCC(=O)OCCCCCCCCCCCCCC/C=C\CCCCCCCCCCCCCCCCCCC(=O)NC(CO)C(O)CCCCCCCCCCCCCCCCCCCCCCCC. The van der Waals surface area contributed by atoms with Crippen molar-refractivity contribution in [2.24, 2.45) is 0 Å². The molecule has 0 saturated heterocycles. The molecule has 1 amide bonds. The van der Waals surface area contributed by atoms with Crippen LogP contribution in [0.5, 0.6) is 0 Å². The van der Waals surface area contributed by atoms with Crippen LogP contribution < -0.4 is 5.32 Å². The molecule has 514 valence electrons. The van der Waals surface area contributed by atoms with Crippen LogP contribution >= 0.6 is 0 Å². The molecule has 0 spiro atoms. The predicted molar refractivity (Wildman–Crippen MR) is 384 cm³/mol. The fraction of sp³-hybridized carbons (Fsp3) is 0.901. The number of unbranched alkanes of at least 4 members (excludes halogenated alkanes) is 58. The van der Waals surface area contributed by atoms with Crippen LogP contribution in [0.15, 0.2) is 36.5 Å². The van der Waals surface area contributed by atoms with Crippen LogP contribution in [-0.4, -0.2) is 47.4 Å². The monoisotopic (exact) mass is 1220 g/mol. The highest BCUT2D eigenvalue weighted by molar-refractivity contribution is 5.76. The summed E-state index contributed by atoms with van der Waals surface area (Å²) in [6.45, 7) is 4.98. The first-order chi connectivity index (χ1) is 43.0. The molecular formula is C81H155NO5. The van der Waals surface area contributed by atoms with Gasteiger partial charge in [-0.2, -0.15) is 0 Å². The molecule has 2 atom stereocenters. The summed E-state index contributed by atoms with van der Waals surface area (Å²) in [5.41, 5.74) is 0. The third-order valence-electron chi connectivity index (χ3n) is 18.7. The Morgan fingerprint density at radius 1 is 0.322 bits per heavy atom. The zero-order chi connectivity index (χ0) is 62.8. The molecule has 0 fully saturated rings. The first kappa shape index (κ1) is 85.1. The zero-order valence-corrected chi connectivity index (χ0v) is 59.0. The largest absolute Gasteiger partial charge is 0.466 e. The number of rotatable bonds is 75. The maximum atomic E-state index is 12.6. The summed E-state index contributed by atoms with van der Waals surface area (Å²) in [7, 11) is 0. The van der Waals surface area contributed by atoms with Gasteiger partial charge in [0, 0.05) is 12.8 Å². The van der Waals surface area contributed by atoms with Gasteiger partial charge in [-0.05, 0) is 83.5 Å². The number of hydrogen-bond donors (Lipinski definition) is 3. The molecule has 3 N–H and O–H groups in total. The minimum Gasteiger partial charge on any atom is -0.466 e. The molecule has 0 aliphatic rings. The Hall–Kier alpha value is -1.92. The molecule has 0 aliphatic carbocycles. The summed E-state index contributed by atoms with van der Waals surface area (Å²) >= 11 is 0. The number of esters is 1. The average molecular weight is 1220 g/mol. The van der Waals surface area contributed by atoms with Crippen molar-refractivity contribution in [1.82, 2.24) is 5.32 Å². The van der Waals surface area contributed by atoms with Crippen molar-refractivity contribution in [3.05, 3.63) is 36.5 Å². The van der Waals surface area contributed by atoms with Crippen LogP contribution in [0.4, 0.5) is 0 Å². The van der Waals surface area contributed by atoms with Crippen molar-refractivity contribution in [2.45, 2.75) is 456 Å².